The highest BCUT2D eigenvalue weighted by Gasteiger charge is 2.19. The highest BCUT2D eigenvalue weighted by atomic mass is 16.5. The molecule has 1 aliphatic heterocycles. The summed E-state index contributed by atoms with van der Waals surface area (Å²) in [7, 11) is -1.49. The van der Waals surface area contributed by atoms with Crippen LogP contribution in [0.15, 0.2) is 24.3 Å². The zero-order valence-electron chi connectivity index (χ0n) is 9.00. The monoisotopic (exact) mass is 222 g/mol. The number of hydrogen-bond donors (Lipinski definition) is 2. The average Bonchev–Trinajstić information content (AvgIpc) is 2.79. The SMILES string of the molecule is OB(O)c1ccccc1OC[C@@H]1CCOC1. The smallest absolute Gasteiger partial charge is 0.492 e. The molecule has 16 heavy (non-hydrogen) atoms. The standard InChI is InChI=1S/C11H15BO4/c13-12(14)10-3-1-2-4-11(10)16-8-9-5-6-15-7-9/h1-4,9,13-14H,5-8H2/t9-/m1/s1. The summed E-state index contributed by atoms with van der Waals surface area (Å²) in [6.07, 6.45) is 1.00. The van der Waals surface area contributed by atoms with Crippen LogP contribution >= 0.6 is 0 Å². The Labute approximate surface area is 95.0 Å². The normalized spacial score (nSPS) is 19.8. The Kier molecular flexibility index (Phi) is 3.82. The average molecular weight is 222 g/mol. The number of benzene rings is 1. The quantitative estimate of drug-likeness (QED) is 0.691. The fourth-order valence-corrected chi connectivity index (χ4v) is 1.75. The molecule has 0 radical (unpaired) electrons. The van der Waals surface area contributed by atoms with E-state index in [1.165, 1.54) is 0 Å². The minimum Gasteiger partial charge on any atom is -0.494 e. The largest absolute Gasteiger partial charge is 0.494 e. The van der Waals surface area contributed by atoms with Crippen molar-refractivity contribution in [2.24, 2.45) is 5.92 Å². The van der Waals surface area contributed by atoms with Gasteiger partial charge >= 0.3 is 7.12 Å². The van der Waals surface area contributed by atoms with Gasteiger partial charge in [0.05, 0.1) is 13.2 Å². The highest BCUT2D eigenvalue weighted by Crippen LogP contribution is 2.15. The van der Waals surface area contributed by atoms with Crippen molar-refractivity contribution >= 4 is 12.6 Å². The van der Waals surface area contributed by atoms with Gasteiger partial charge in [0, 0.05) is 18.0 Å². The van der Waals surface area contributed by atoms with Gasteiger partial charge in [0.2, 0.25) is 0 Å². The maximum Gasteiger partial charge on any atom is 0.492 e. The third kappa shape index (κ3) is 2.75. The summed E-state index contributed by atoms with van der Waals surface area (Å²) < 4.78 is 10.8. The molecule has 2 N–H and O–H groups in total. The highest BCUT2D eigenvalue weighted by molar-refractivity contribution is 6.59. The summed E-state index contributed by atoms with van der Waals surface area (Å²) in [5.74, 6) is 0.938. The molecule has 0 bridgehead atoms. The summed E-state index contributed by atoms with van der Waals surface area (Å²) in [4.78, 5) is 0. The van der Waals surface area contributed by atoms with Gasteiger partial charge in [-0.2, -0.15) is 0 Å². The van der Waals surface area contributed by atoms with Gasteiger partial charge in [0.25, 0.3) is 0 Å². The summed E-state index contributed by atoms with van der Waals surface area (Å²) >= 11 is 0. The molecule has 0 spiro atoms. The summed E-state index contributed by atoms with van der Waals surface area (Å²) in [6.45, 7) is 2.08. The molecular weight excluding hydrogens is 207 g/mol. The molecule has 86 valence electrons. The Morgan fingerprint density at radius 1 is 1.38 bits per heavy atom. The molecule has 4 nitrogen and oxygen atoms in total. The Morgan fingerprint density at radius 2 is 2.19 bits per heavy atom. The molecule has 2 rings (SSSR count). The third-order valence-electron chi connectivity index (χ3n) is 2.70. The number of rotatable bonds is 4. The lowest BCUT2D eigenvalue weighted by molar-refractivity contribution is 0.167. The van der Waals surface area contributed by atoms with Crippen molar-refractivity contribution in [3.05, 3.63) is 24.3 Å². The van der Waals surface area contributed by atoms with E-state index in [1.54, 1.807) is 18.2 Å². The van der Waals surface area contributed by atoms with Gasteiger partial charge in [-0.15, -0.1) is 0 Å². The van der Waals surface area contributed by atoms with Crippen molar-refractivity contribution in [3.63, 3.8) is 0 Å². The van der Waals surface area contributed by atoms with E-state index in [9.17, 15) is 0 Å². The van der Waals surface area contributed by atoms with E-state index < -0.39 is 7.12 Å². The minimum absolute atomic E-state index is 0.404. The van der Waals surface area contributed by atoms with Crippen LogP contribution in [0.4, 0.5) is 0 Å². The van der Waals surface area contributed by atoms with Crippen LogP contribution in [0, 0.1) is 5.92 Å². The number of para-hydroxylation sites is 1. The molecule has 1 heterocycles. The number of hydrogen-bond acceptors (Lipinski definition) is 4. The van der Waals surface area contributed by atoms with E-state index >= 15 is 0 Å². The van der Waals surface area contributed by atoms with Crippen molar-refractivity contribution in [2.45, 2.75) is 6.42 Å². The first-order valence-electron chi connectivity index (χ1n) is 5.43. The van der Waals surface area contributed by atoms with Gasteiger partial charge in [0.15, 0.2) is 0 Å². The zero-order chi connectivity index (χ0) is 11.4. The fourth-order valence-electron chi connectivity index (χ4n) is 1.75. The Hall–Kier alpha value is -1.04. The minimum atomic E-state index is -1.49. The molecule has 1 saturated heterocycles. The molecule has 5 heteroatoms. The van der Waals surface area contributed by atoms with E-state index in [0.29, 0.717) is 23.7 Å². The first-order valence-corrected chi connectivity index (χ1v) is 5.43. The number of ether oxygens (including phenoxy) is 2. The fraction of sp³-hybridized carbons (Fsp3) is 0.455. The molecule has 1 fully saturated rings. The van der Waals surface area contributed by atoms with E-state index in [2.05, 4.69) is 0 Å². The lowest BCUT2D eigenvalue weighted by Gasteiger charge is -2.13. The van der Waals surface area contributed by atoms with Crippen LogP contribution in [0.1, 0.15) is 6.42 Å². The maximum absolute atomic E-state index is 9.15. The second-order valence-electron chi connectivity index (χ2n) is 3.95. The molecule has 0 saturated carbocycles. The van der Waals surface area contributed by atoms with E-state index in [4.69, 9.17) is 19.5 Å². The van der Waals surface area contributed by atoms with E-state index in [1.807, 2.05) is 6.07 Å². The van der Waals surface area contributed by atoms with Crippen molar-refractivity contribution in [2.75, 3.05) is 19.8 Å². The molecule has 1 aromatic rings. The summed E-state index contributed by atoms with van der Waals surface area (Å²) in [5.41, 5.74) is 0.404. The third-order valence-corrected chi connectivity index (χ3v) is 2.70. The van der Waals surface area contributed by atoms with Crippen LogP contribution in [-0.4, -0.2) is 37.0 Å². The van der Waals surface area contributed by atoms with Gasteiger partial charge in [-0.05, 0) is 12.5 Å². The topological polar surface area (TPSA) is 58.9 Å². The molecular formula is C11H15BO4. The van der Waals surface area contributed by atoms with Crippen LogP contribution in [0.2, 0.25) is 0 Å². The van der Waals surface area contributed by atoms with Gasteiger partial charge < -0.3 is 19.5 Å². The summed E-state index contributed by atoms with van der Waals surface area (Å²) in [5, 5.41) is 18.3. The first kappa shape index (κ1) is 11.5. The Morgan fingerprint density at radius 3 is 2.88 bits per heavy atom. The second kappa shape index (κ2) is 5.34. The van der Waals surface area contributed by atoms with Crippen LogP contribution in [-0.2, 0) is 4.74 Å². The van der Waals surface area contributed by atoms with Crippen LogP contribution < -0.4 is 10.2 Å². The maximum atomic E-state index is 9.15. The first-order chi connectivity index (χ1) is 7.77. The molecule has 1 atom stereocenters. The van der Waals surface area contributed by atoms with Gasteiger partial charge in [0.1, 0.15) is 5.75 Å². The molecule has 1 aromatic carbocycles. The van der Waals surface area contributed by atoms with Crippen LogP contribution in [0.5, 0.6) is 5.75 Å². The van der Waals surface area contributed by atoms with Crippen LogP contribution in [0.25, 0.3) is 0 Å². The molecule has 0 unspecified atom stereocenters. The van der Waals surface area contributed by atoms with Crippen molar-refractivity contribution in [1.29, 1.82) is 0 Å². The summed E-state index contributed by atoms with van der Waals surface area (Å²) in [6, 6.07) is 6.95. The van der Waals surface area contributed by atoms with Gasteiger partial charge in [-0.3, -0.25) is 0 Å². The van der Waals surface area contributed by atoms with E-state index in [-0.39, 0.29) is 0 Å². The van der Waals surface area contributed by atoms with Crippen molar-refractivity contribution in [3.8, 4) is 5.75 Å². The molecule has 0 amide bonds. The van der Waals surface area contributed by atoms with Gasteiger partial charge in [-0.1, -0.05) is 18.2 Å². The second-order valence-corrected chi connectivity index (χ2v) is 3.95. The predicted octanol–water partition coefficient (Wildman–Crippen LogP) is -0.218. The Bertz CT molecular complexity index is 337. The van der Waals surface area contributed by atoms with Gasteiger partial charge in [-0.25, -0.2) is 0 Å². The molecule has 0 aliphatic carbocycles. The predicted molar refractivity (Wildman–Crippen MR) is 60.7 cm³/mol. The van der Waals surface area contributed by atoms with E-state index in [0.717, 1.165) is 19.6 Å². The lowest BCUT2D eigenvalue weighted by Crippen LogP contribution is -2.31. The molecule has 0 aromatic heterocycles. The van der Waals surface area contributed by atoms with Crippen molar-refractivity contribution < 1.29 is 19.5 Å². The lowest BCUT2D eigenvalue weighted by atomic mass is 9.79. The van der Waals surface area contributed by atoms with Crippen molar-refractivity contribution in [1.82, 2.24) is 0 Å². The van der Waals surface area contributed by atoms with Crippen LogP contribution in [0.3, 0.4) is 0 Å². The molecule has 1 aliphatic rings. The zero-order valence-corrected chi connectivity index (χ0v) is 9.00. The Balaban J connectivity index is 1.97.